The SMILES string of the molecule is CCCNc1ccc(C(=O)NCc2ccccn2)cc1. The van der Waals surface area contributed by atoms with Crippen LogP contribution in [0.3, 0.4) is 0 Å². The van der Waals surface area contributed by atoms with Crippen molar-refractivity contribution >= 4 is 11.6 Å². The molecular formula is C16H19N3O. The average molecular weight is 269 g/mol. The van der Waals surface area contributed by atoms with E-state index in [1.165, 1.54) is 0 Å². The number of aromatic nitrogens is 1. The summed E-state index contributed by atoms with van der Waals surface area (Å²) in [6.07, 6.45) is 2.79. The Bertz CT molecular complexity index is 537. The maximum Gasteiger partial charge on any atom is 0.251 e. The molecule has 1 amide bonds. The molecule has 104 valence electrons. The van der Waals surface area contributed by atoms with E-state index in [4.69, 9.17) is 0 Å². The summed E-state index contributed by atoms with van der Waals surface area (Å²) in [6.45, 7) is 3.49. The van der Waals surface area contributed by atoms with Crippen LogP contribution in [0.4, 0.5) is 5.69 Å². The van der Waals surface area contributed by atoms with Gasteiger partial charge in [-0.2, -0.15) is 0 Å². The van der Waals surface area contributed by atoms with Crippen molar-refractivity contribution in [3.05, 3.63) is 59.9 Å². The van der Waals surface area contributed by atoms with Gasteiger partial charge in [0, 0.05) is 24.0 Å². The van der Waals surface area contributed by atoms with Crippen molar-refractivity contribution in [2.75, 3.05) is 11.9 Å². The summed E-state index contributed by atoms with van der Waals surface area (Å²) < 4.78 is 0. The largest absolute Gasteiger partial charge is 0.385 e. The van der Waals surface area contributed by atoms with Crippen LogP contribution in [0, 0.1) is 0 Å². The molecule has 0 aliphatic heterocycles. The minimum atomic E-state index is -0.0855. The van der Waals surface area contributed by atoms with Gasteiger partial charge in [0.05, 0.1) is 12.2 Å². The molecule has 0 spiro atoms. The van der Waals surface area contributed by atoms with Crippen LogP contribution in [0.25, 0.3) is 0 Å². The van der Waals surface area contributed by atoms with E-state index in [9.17, 15) is 4.79 Å². The van der Waals surface area contributed by atoms with Crippen LogP contribution in [-0.4, -0.2) is 17.4 Å². The van der Waals surface area contributed by atoms with Crippen LogP contribution in [0.5, 0.6) is 0 Å². The lowest BCUT2D eigenvalue weighted by Crippen LogP contribution is -2.23. The first-order valence-electron chi connectivity index (χ1n) is 6.81. The van der Waals surface area contributed by atoms with Crippen molar-refractivity contribution in [3.8, 4) is 0 Å². The third kappa shape index (κ3) is 4.09. The van der Waals surface area contributed by atoms with Gasteiger partial charge >= 0.3 is 0 Å². The number of hydrogen-bond acceptors (Lipinski definition) is 3. The molecule has 20 heavy (non-hydrogen) atoms. The van der Waals surface area contributed by atoms with Crippen molar-refractivity contribution < 1.29 is 4.79 Å². The third-order valence-electron chi connectivity index (χ3n) is 2.88. The molecule has 2 aromatic rings. The van der Waals surface area contributed by atoms with Crippen molar-refractivity contribution in [3.63, 3.8) is 0 Å². The van der Waals surface area contributed by atoms with E-state index in [0.29, 0.717) is 12.1 Å². The Balaban J connectivity index is 1.89. The number of carbonyl (C=O) groups excluding carboxylic acids is 1. The lowest BCUT2D eigenvalue weighted by atomic mass is 10.2. The molecule has 1 heterocycles. The van der Waals surface area contributed by atoms with Gasteiger partial charge in [0.25, 0.3) is 5.91 Å². The molecule has 1 aromatic carbocycles. The van der Waals surface area contributed by atoms with Gasteiger partial charge in [0.1, 0.15) is 0 Å². The monoisotopic (exact) mass is 269 g/mol. The van der Waals surface area contributed by atoms with Crippen LogP contribution in [0.15, 0.2) is 48.7 Å². The third-order valence-corrected chi connectivity index (χ3v) is 2.88. The molecule has 2 N–H and O–H groups in total. The molecule has 1 aromatic heterocycles. The zero-order chi connectivity index (χ0) is 14.2. The number of carbonyl (C=O) groups is 1. The predicted molar refractivity (Wildman–Crippen MR) is 80.6 cm³/mol. The van der Waals surface area contributed by atoms with E-state index in [1.807, 2.05) is 42.5 Å². The van der Waals surface area contributed by atoms with Gasteiger partial charge in [-0.3, -0.25) is 9.78 Å². The summed E-state index contributed by atoms with van der Waals surface area (Å²) in [6, 6.07) is 13.1. The number of anilines is 1. The molecule has 0 unspecified atom stereocenters. The minimum absolute atomic E-state index is 0.0855. The first kappa shape index (κ1) is 14.1. The zero-order valence-electron chi connectivity index (χ0n) is 11.6. The summed E-state index contributed by atoms with van der Waals surface area (Å²) in [5.74, 6) is -0.0855. The summed E-state index contributed by atoms with van der Waals surface area (Å²) in [5.41, 5.74) is 2.54. The molecule has 0 fully saturated rings. The number of nitrogens with one attached hydrogen (secondary N) is 2. The first-order chi connectivity index (χ1) is 9.79. The number of benzene rings is 1. The van der Waals surface area contributed by atoms with Gasteiger partial charge in [0.2, 0.25) is 0 Å². The molecule has 2 rings (SSSR count). The van der Waals surface area contributed by atoms with Crippen LogP contribution < -0.4 is 10.6 Å². The van der Waals surface area contributed by atoms with E-state index >= 15 is 0 Å². The van der Waals surface area contributed by atoms with Crippen LogP contribution in [0.1, 0.15) is 29.4 Å². The van der Waals surface area contributed by atoms with Gasteiger partial charge in [-0.05, 0) is 42.8 Å². The second-order valence-electron chi connectivity index (χ2n) is 4.51. The standard InChI is InChI=1S/C16H19N3O/c1-2-10-17-14-8-6-13(7-9-14)16(20)19-12-15-5-3-4-11-18-15/h3-9,11,17H,2,10,12H2,1H3,(H,19,20). The normalized spacial score (nSPS) is 10.1. The van der Waals surface area contributed by atoms with Crippen molar-refractivity contribution in [2.45, 2.75) is 19.9 Å². The molecular weight excluding hydrogens is 250 g/mol. The smallest absolute Gasteiger partial charge is 0.251 e. The fraction of sp³-hybridized carbons (Fsp3) is 0.250. The molecule has 4 heteroatoms. The highest BCUT2D eigenvalue weighted by atomic mass is 16.1. The van der Waals surface area contributed by atoms with E-state index in [0.717, 1.165) is 24.3 Å². The molecule has 0 aliphatic carbocycles. The summed E-state index contributed by atoms with van der Waals surface area (Å²) in [7, 11) is 0. The van der Waals surface area contributed by atoms with Gasteiger partial charge in [0.15, 0.2) is 0 Å². The average Bonchev–Trinajstić information content (AvgIpc) is 2.52. The maximum absolute atomic E-state index is 12.0. The fourth-order valence-corrected chi connectivity index (χ4v) is 1.78. The highest BCUT2D eigenvalue weighted by Crippen LogP contribution is 2.09. The Morgan fingerprint density at radius 2 is 1.95 bits per heavy atom. The Morgan fingerprint density at radius 3 is 2.60 bits per heavy atom. The van der Waals surface area contributed by atoms with Gasteiger partial charge < -0.3 is 10.6 Å². The lowest BCUT2D eigenvalue weighted by molar-refractivity contribution is 0.0950. The first-order valence-corrected chi connectivity index (χ1v) is 6.81. The topological polar surface area (TPSA) is 54.0 Å². The molecule has 4 nitrogen and oxygen atoms in total. The summed E-state index contributed by atoms with van der Waals surface area (Å²) >= 11 is 0. The summed E-state index contributed by atoms with van der Waals surface area (Å²) in [5, 5.41) is 6.13. The molecule has 0 atom stereocenters. The van der Waals surface area contributed by atoms with Gasteiger partial charge in [-0.25, -0.2) is 0 Å². The number of hydrogen-bond donors (Lipinski definition) is 2. The van der Waals surface area contributed by atoms with E-state index in [1.54, 1.807) is 6.20 Å². The van der Waals surface area contributed by atoms with E-state index < -0.39 is 0 Å². The Kier molecular flexibility index (Phi) is 5.12. The predicted octanol–water partition coefficient (Wildman–Crippen LogP) is 2.83. The van der Waals surface area contributed by atoms with Crippen LogP contribution >= 0.6 is 0 Å². The summed E-state index contributed by atoms with van der Waals surface area (Å²) in [4.78, 5) is 16.2. The van der Waals surface area contributed by atoms with Crippen molar-refractivity contribution in [2.24, 2.45) is 0 Å². The Morgan fingerprint density at radius 1 is 1.15 bits per heavy atom. The highest BCUT2D eigenvalue weighted by Gasteiger charge is 2.05. The maximum atomic E-state index is 12.0. The van der Waals surface area contributed by atoms with Gasteiger partial charge in [-0.15, -0.1) is 0 Å². The Hall–Kier alpha value is -2.36. The second kappa shape index (κ2) is 7.28. The van der Waals surface area contributed by atoms with E-state index in [2.05, 4.69) is 22.5 Å². The lowest BCUT2D eigenvalue weighted by Gasteiger charge is -2.07. The zero-order valence-corrected chi connectivity index (χ0v) is 11.6. The molecule has 0 aliphatic rings. The Labute approximate surface area is 119 Å². The minimum Gasteiger partial charge on any atom is -0.385 e. The quantitative estimate of drug-likeness (QED) is 0.848. The van der Waals surface area contributed by atoms with Gasteiger partial charge in [-0.1, -0.05) is 13.0 Å². The molecule has 0 bridgehead atoms. The number of rotatable bonds is 6. The van der Waals surface area contributed by atoms with Crippen molar-refractivity contribution in [1.29, 1.82) is 0 Å². The van der Waals surface area contributed by atoms with Crippen LogP contribution in [0.2, 0.25) is 0 Å². The highest BCUT2D eigenvalue weighted by molar-refractivity contribution is 5.94. The number of amides is 1. The molecule has 0 saturated heterocycles. The molecule has 0 saturated carbocycles. The number of pyridine rings is 1. The second-order valence-corrected chi connectivity index (χ2v) is 4.51. The molecule has 0 radical (unpaired) electrons. The van der Waals surface area contributed by atoms with E-state index in [-0.39, 0.29) is 5.91 Å². The number of nitrogens with zero attached hydrogens (tertiary/aromatic N) is 1. The fourth-order valence-electron chi connectivity index (χ4n) is 1.78. The van der Waals surface area contributed by atoms with Crippen LogP contribution in [-0.2, 0) is 6.54 Å². The van der Waals surface area contributed by atoms with Crippen molar-refractivity contribution in [1.82, 2.24) is 10.3 Å².